The number of H-pyrrole nitrogens is 1. The van der Waals surface area contributed by atoms with Crippen LogP contribution in [0.3, 0.4) is 0 Å². The molecule has 3 fully saturated rings. The Morgan fingerprint density at radius 2 is 1.74 bits per heavy atom. The van der Waals surface area contributed by atoms with Crippen molar-refractivity contribution in [3.05, 3.63) is 33.9 Å². The predicted octanol–water partition coefficient (Wildman–Crippen LogP) is -0.364. The molecule has 12 nitrogen and oxygen atoms in total. The van der Waals surface area contributed by atoms with Crippen LogP contribution < -0.4 is 5.56 Å². The fourth-order valence-electron chi connectivity index (χ4n) is 5.41. The second-order valence-corrected chi connectivity index (χ2v) is 8.90. The lowest BCUT2D eigenvalue weighted by Crippen LogP contribution is -2.53. The SMILES string of the molecule is Cc1cc2nc(CN3C[C@H]4C[C@@H](N5CCOCC5)[C@H](O)C[C@H]4C3)cc(=O)n2[nH]1.O=CO.O=CO. The van der Waals surface area contributed by atoms with Gasteiger partial charge in [0.2, 0.25) is 0 Å². The van der Waals surface area contributed by atoms with Crippen molar-refractivity contribution in [3.8, 4) is 0 Å². The number of nitrogens with one attached hydrogen (secondary N) is 1. The lowest BCUT2D eigenvalue weighted by Gasteiger charge is -2.43. The fourth-order valence-corrected chi connectivity index (χ4v) is 5.41. The number of aryl methyl sites for hydroxylation is 1. The van der Waals surface area contributed by atoms with Gasteiger partial charge in [0, 0.05) is 56.6 Å². The highest BCUT2D eigenvalue weighted by atomic mass is 16.5. The molecule has 2 aromatic rings. The van der Waals surface area contributed by atoms with Gasteiger partial charge in [-0.15, -0.1) is 0 Å². The maximum atomic E-state index is 12.3. The minimum atomic E-state index is -0.250. The van der Waals surface area contributed by atoms with Crippen molar-refractivity contribution in [2.45, 2.75) is 38.5 Å². The summed E-state index contributed by atoms with van der Waals surface area (Å²) in [5.41, 5.74) is 2.37. The van der Waals surface area contributed by atoms with E-state index < -0.39 is 0 Å². The van der Waals surface area contributed by atoms with E-state index in [4.69, 9.17) is 24.5 Å². The fraction of sp³-hybridized carbons (Fsp3) is 0.636. The van der Waals surface area contributed by atoms with Crippen LogP contribution in [0.2, 0.25) is 0 Å². The van der Waals surface area contributed by atoms with Crippen LogP contribution in [0.15, 0.2) is 16.9 Å². The summed E-state index contributed by atoms with van der Waals surface area (Å²) in [4.78, 5) is 38.5. The van der Waals surface area contributed by atoms with E-state index in [9.17, 15) is 9.90 Å². The molecule has 0 spiro atoms. The topological polar surface area (TPSA) is 161 Å². The van der Waals surface area contributed by atoms with Gasteiger partial charge in [0.1, 0.15) is 0 Å². The van der Waals surface area contributed by atoms with Crippen molar-refractivity contribution in [1.29, 1.82) is 0 Å². The second kappa shape index (κ2) is 12.1. The maximum absolute atomic E-state index is 12.3. The Morgan fingerprint density at radius 3 is 2.38 bits per heavy atom. The highest BCUT2D eigenvalue weighted by Gasteiger charge is 2.43. The molecule has 0 radical (unpaired) electrons. The Balaban J connectivity index is 0.000000492. The first kappa shape index (κ1) is 25.8. The quantitative estimate of drug-likeness (QED) is 0.428. The highest BCUT2D eigenvalue weighted by Crippen LogP contribution is 2.38. The zero-order chi connectivity index (χ0) is 24.7. The maximum Gasteiger partial charge on any atom is 0.290 e. The molecule has 0 bridgehead atoms. The van der Waals surface area contributed by atoms with Gasteiger partial charge in [-0.05, 0) is 31.6 Å². The molecule has 12 heteroatoms. The zero-order valence-electron chi connectivity index (χ0n) is 19.2. The van der Waals surface area contributed by atoms with Gasteiger partial charge in [-0.25, -0.2) is 9.50 Å². The summed E-state index contributed by atoms with van der Waals surface area (Å²) >= 11 is 0. The number of rotatable bonds is 3. The summed E-state index contributed by atoms with van der Waals surface area (Å²) in [6.07, 6.45) is 1.67. The van der Waals surface area contributed by atoms with E-state index in [1.165, 1.54) is 4.52 Å². The number of carbonyl (C=O) groups is 2. The summed E-state index contributed by atoms with van der Waals surface area (Å²) < 4.78 is 6.96. The predicted molar refractivity (Wildman–Crippen MR) is 122 cm³/mol. The number of morpholine rings is 1. The Morgan fingerprint density at radius 1 is 1.12 bits per heavy atom. The number of aromatic nitrogens is 3. The molecule has 2 aliphatic heterocycles. The molecular weight excluding hydrogens is 446 g/mol. The highest BCUT2D eigenvalue weighted by molar-refractivity contribution is 5.39. The number of fused-ring (bicyclic) bond motifs is 2. The van der Waals surface area contributed by atoms with Crippen molar-refractivity contribution in [1.82, 2.24) is 24.4 Å². The van der Waals surface area contributed by atoms with Crippen molar-refractivity contribution in [2.24, 2.45) is 11.8 Å². The molecule has 0 unspecified atom stereocenters. The summed E-state index contributed by atoms with van der Waals surface area (Å²) in [6, 6.07) is 3.79. The van der Waals surface area contributed by atoms with E-state index in [0.717, 1.165) is 63.6 Å². The molecule has 5 rings (SSSR count). The van der Waals surface area contributed by atoms with Crippen molar-refractivity contribution < 1.29 is 29.6 Å². The first-order valence-corrected chi connectivity index (χ1v) is 11.4. The Kier molecular flexibility index (Phi) is 9.16. The van der Waals surface area contributed by atoms with Crippen LogP contribution in [-0.4, -0.2) is 104 Å². The molecule has 2 aromatic heterocycles. The van der Waals surface area contributed by atoms with Crippen molar-refractivity contribution in [3.63, 3.8) is 0 Å². The molecule has 0 amide bonds. The standard InChI is InChI=1S/C20H29N5O3.2CH2O2/c1-13-6-19-21-16(9-20(27)25(19)22-13)12-23-10-14-7-17(18(26)8-15(14)11-23)24-2-4-28-5-3-24;2*2-1-3/h6,9,14-15,17-18,22,26H,2-5,7-8,10-12H2,1H3;2*1H,(H,2,3)/t14-,15+,17-,18-;;/m1../s1. The molecule has 3 aliphatic rings. The molecular formula is C22H33N5O7. The second-order valence-electron chi connectivity index (χ2n) is 8.90. The van der Waals surface area contributed by atoms with Crippen molar-refractivity contribution in [2.75, 3.05) is 39.4 Å². The summed E-state index contributed by atoms with van der Waals surface area (Å²) in [5, 5.41) is 27.5. The van der Waals surface area contributed by atoms with Gasteiger partial charge >= 0.3 is 0 Å². The number of aliphatic hydroxyl groups is 1. The third kappa shape index (κ3) is 6.20. The third-order valence-corrected chi connectivity index (χ3v) is 6.72. The normalized spacial score (nSPS) is 27.1. The van der Waals surface area contributed by atoms with Crippen LogP contribution in [0.4, 0.5) is 0 Å². The smallest absolute Gasteiger partial charge is 0.290 e. The van der Waals surface area contributed by atoms with Gasteiger partial charge in [-0.3, -0.25) is 29.3 Å². The molecule has 0 aromatic carbocycles. The number of aliphatic hydroxyl groups excluding tert-OH is 1. The average Bonchev–Trinajstić information content (AvgIpc) is 3.36. The first-order chi connectivity index (χ1) is 16.4. The Hall–Kier alpha value is -2.80. The van der Waals surface area contributed by atoms with Crippen LogP contribution >= 0.6 is 0 Å². The van der Waals surface area contributed by atoms with Crippen LogP contribution in [0, 0.1) is 18.8 Å². The van der Waals surface area contributed by atoms with E-state index in [1.807, 2.05) is 13.0 Å². The zero-order valence-corrected chi connectivity index (χ0v) is 19.2. The van der Waals surface area contributed by atoms with E-state index in [2.05, 4.69) is 19.9 Å². The van der Waals surface area contributed by atoms with Crippen LogP contribution in [-0.2, 0) is 20.9 Å². The van der Waals surface area contributed by atoms with Gasteiger partial charge in [-0.1, -0.05) is 0 Å². The molecule has 188 valence electrons. The first-order valence-electron chi connectivity index (χ1n) is 11.4. The Bertz CT molecular complexity index is 997. The average molecular weight is 480 g/mol. The lowest BCUT2D eigenvalue weighted by molar-refractivity contribution is -0.123. The van der Waals surface area contributed by atoms with E-state index >= 15 is 0 Å². The minimum absolute atomic E-state index is 0.0625. The number of hydrogen-bond acceptors (Lipinski definition) is 8. The van der Waals surface area contributed by atoms with E-state index in [1.54, 1.807) is 6.07 Å². The number of carboxylic acid groups (broad SMARTS) is 2. The number of likely N-dealkylation sites (tertiary alicyclic amines) is 1. The van der Waals surface area contributed by atoms with Crippen LogP contribution in [0.5, 0.6) is 0 Å². The number of hydrogen-bond donors (Lipinski definition) is 4. The molecule has 34 heavy (non-hydrogen) atoms. The van der Waals surface area contributed by atoms with Crippen LogP contribution in [0.1, 0.15) is 24.2 Å². The lowest BCUT2D eigenvalue weighted by atomic mass is 9.77. The summed E-state index contributed by atoms with van der Waals surface area (Å²) in [6.45, 7) is 7.50. The number of ether oxygens (including phenoxy) is 1. The summed E-state index contributed by atoms with van der Waals surface area (Å²) in [7, 11) is 0. The molecule has 2 saturated heterocycles. The number of aromatic amines is 1. The van der Waals surface area contributed by atoms with Crippen LogP contribution in [0.25, 0.3) is 5.65 Å². The van der Waals surface area contributed by atoms with Gasteiger partial charge < -0.3 is 20.1 Å². The Labute approximate surface area is 196 Å². The largest absolute Gasteiger partial charge is 0.483 e. The third-order valence-electron chi connectivity index (χ3n) is 6.72. The molecule has 4 N–H and O–H groups in total. The van der Waals surface area contributed by atoms with Gasteiger partial charge in [0.15, 0.2) is 5.65 Å². The molecule has 1 saturated carbocycles. The van der Waals surface area contributed by atoms with Crippen molar-refractivity contribution >= 4 is 18.6 Å². The van der Waals surface area contributed by atoms with E-state index in [0.29, 0.717) is 24.0 Å². The van der Waals surface area contributed by atoms with Gasteiger partial charge in [0.05, 0.1) is 25.0 Å². The summed E-state index contributed by atoms with van der Waals surface area (Å²) in [5.74, 6) is 1.14. The number of nitrogens with zero attached hydrogens (tertiary/aromatic N) is 4. The molecule has 1 aliphatic carbocycles. The molecule has 4 heterocycles. The molecule has 4 atom stereocenters. The monoisotopic (exact) mass is 479 g/mol. The van der Waals surface area contributed by atoms with E-state index in [-0.39, 0.29) is 30.6 Å². The van der Waals surface area contributed by atoms with Gasteiger partial charge in [-0.2, -0.15) is 0 Å². The minimum Gasteiger partial charge on any atom is -0.483 e. The van der Waals surface area contributed by atoms with Gasteiger partial charge in [0.25, 0.3) is 18.5 Å².